The van der Waals surface area contributed by atoms with Crippen molar-refractivity contribution in [1.82, 2.24) is 10.3 Å². The molecule has 1 aromatic carbocycles. The predicted octanol–water partition coefficient (Wildman–Crippen LogP) is 3.05. The van der Waals surface area contributed by atoms with E-state index < -0.39 is 5.91 Å². The number of halogens is 1. The van der Waals surface area contributed by atoms with Gasteiger partial charge in [-0.15, -0.1) is 0 Å². The molecule has 2 amide bonds. The summed E-state index contributed by atoms with van der Waals surface area (Å²) in [5.41, 5.74) is 12.7. The molecule has 0 spiro atoms. The first-order valence-electron chi connectivity index (χ1n) is 11.3. The van der Waals surface area contributed by atoms with Gasteiger partial charge in [0.1, 0.15) is 5.82 Å². The number of hydrogen-bond acceptors (Lipinski definition) is 6. The maximum atomic E-state index is 12.9. The smallest absolute Gasteiger partial charge is 0.252 e. The first-order valence-corrected chi connectivity index (χ1v) is 12.1. The van der Waals surface area contributed by atoms with Gasteiger partial charge in [-0.3, -0.25) is 14.4 Å². The molecular weight excluding hydrogens is 486 g/mol. The van der Waals surface area contributed by atoms with Crippen LogP contribution >= 0.6 is 15.9 Å². The van der Waals surface area contributed by atoms with E-state index in [4.69, 9.17) is 11.5 Å². The van der Waals surface area contributed by atoms with Crippen LogP contribution in [0.3, 0.4) is 0 Å². The van der Waals surface area contributed by atoms with Gasteiger partial charge in [-0.2, -0.15) is 0 Å². The van der Waals surface area contributed by atoms with Crippen molar-refractivity contribution in [2.24, 2.45) is 11.7 Å². The van der Waals surface area contributed by atoms with Gasteiger partial charge in [0.2, 0.25) is 0 Å². The quantitative estimate of drug-likeness (QED) is 0.403. The zero-order valence-electron chi connectivity index (χ0n) is 18.1. The van der Waals surface area contributed by atoms with Crippen LogP contribution < -0.4 is 21.7 Å². The fraction of sp³-hybridized carbons (Fsp3) is 0.417. The summed E-state index contributed by atoms with van der Waals surface area (Å²) in [5.74, 6) is 0.424. The lowest BCUT2D eigenvalue weighted by Gasteiger charge is -2.40. The Kier molecular flexibility index (Phi) is 5.60. The van der Waals surface area contributed by atoms with Crippen molar-refractivity contribution < 1.29 is 14.4 Å². The first kappa shape index (κ1) is 21.9. The number of benzene rings is 1. The molecule has 2 bridgehead atoms. The second-order valence-corrected chi connectivity index (χ2v) is 10.1. The van der Waals surface area contributed by atoms with Crippen LogP contribution in [0.2, 0.25) is 0 Å². The number of piperidine rings is 1. The molecule has 2 aliphatic heterocycles. The van der Waals surface area contributed by atoms with E-state index in [-0.39, 0.29) is 47.0 Å². The van der Waals surface area contributed by atoms with Crippen LogP contribution in [-0.4, -0.2) is 40.7 Å². The van der Waals surface area contributed by atoms with Crippen LogP contribution in [0.4, 0.5) is 11.5 Å². The highest BCUT2D eigenvalue weighted by Crippen LogP contribution is 2.39. The van der Waals surface area contributed by atoms with Gasteiger partial charge in [0, 0.05) is 46.0 Å². The van der Waals surface area contributed by atoms with E-state index in [9.17, 15) is 14.4 Å². The highest BCUT2D eigenvalue weighted by molar-refractivity contribution is 9.10. The van der Waals surface area contributed by atoms with Crippen LogP contribution in [0.1, 0.15) is 69.6 Å². The number of carbonyl (C=O) groups excluding carboxylic acids is 3. The van der Waals surface area contributed by atoms with Gasteiger partial charge in [0.25, 0.3) is 11.8 Å². The number of carbonyl (C=O) groups is 3. The molecule has 3 aliphatic rings. The molecule has 2 saturated heterocycles. The third-order valence-electron chi connectivity index (χ3n) is 6.96. The molecule has 0 unspecified atom stereocenters. The van der Waals surface area contributed by atoms with Crippen molar-refractivity contribution in [1.29, 1.82) is 0 Å². The number of anilines is 2. The summed E-state index contributed by atoms with van der Waals surface area (Å²) < 4.78 is 0.480. The van der Waals surface area contributed by atoms with Gasteiger partial charge in [-0.05, 0) is 78.7 Å². The molecule has 9 heteroatoms. The maximum Gasteiger partial charge on any atom is 0.252 e. The van der Waals surface area contributed by atoms with Gasteiger partial charge < -0.3 is 21.7 Å². The Morgan fingerprint density at radius 3 is 2.30 bits per heavy atom. The number of aromatic nitrogens is 1. The molecule has 5 N–H and O–H groups in total. The fourth-order valence-electron chi connectivity index (χ4n) is 5.18. The Morgan fingerprint density at radius 2 is 1.73 bits per heavy atom. The van der Waals surface area contributed by atoms with E-state index in [0.717, 1.165) is 44.3 Å². The van der Waals surface area contributed by atoms with Crippen LogP contribution in [0.25, 0.3) is 0 Å². The Morgan fingerprint density at radius 1 is 1.03 bits per heavy atom. The first-order chi connectivity index (χ1) is 15.8. The summed E-state index contributed by atoms with van der Waals surface area (Å²) in [7, 11) is 0. The number of nitrogens with two attached hydrogens (primary N) is 2. The summed E-state index contributed by atoms with van der Waals surface area (Å²) in [4.78, 5) is 43.7. The molecule has 3 fully saturated rings. The van der Waals surface area contributed by atoms with Crippen LogP contribution in [-0.2, 0) is 0 Å². The standard InChI is InChI=1S/C24H26BrN5O3/c25-19-9-18(23(27)32)20(26)10-17(19)24(33)29-14-7-15-4-5-16(8-14)30(15)21-6-3-13(11-28-21)22(31)12-1-2-12/h3,6,9-12,14-16H,1-2,4-5,7-8,26H2,(H2,27,32)(H,29,33)/t14-,15+,16-. The van der Waals surface area contributed by atoms with Gasteiger partial charge >= 0.3 is 0 Å². The highest BCUT2D eigenvalue weighted by Gasteiger charge is 2.42. The highest BCUT2D eigenvalue weighted by atomic mass is 79.9. The second kappa shape index (κ2) is 8.44. The van der Waals surface area contributed by atoms with E-state index >= 15 is 0 Å². The minimum Gasteiger partial charge on any atom is -0.398 e. The van der Waals surface area contributed by atoms with Crippen LogP contribution in [0, 0.1) is 5.92 Å². The molecule has 5 rings (SSSR count). The molecule has 0 radical (unpaired) electrons. The number of nitrogen functional groups attached to an aromatic ring is 1. The Balaban J connectivity index is 1.26. The lowest BCUT2D eigenvalue weighted by molar-refractivity contribution is 0.0923. The summed E-state index contributed by atoms with van der Waals surface area (Å²) in [5, 5.41) is 3.14. The number of rotatable bonds is 6. The summed E-state index contributed by atoms with van der Waals surface area (Å²) >= 11 is 3.36. The van der Waals surface area contributed by atoms with E-state index in [2.05, 4.69) is 31.1 Å². The molecule has 8 nitrogen and oxygen atoms in total. The van der Waals surface area contributed by atoms with Crippen molar-refractivity contribution in [3.63, 3.8) is 0 Å². The van der Waals surface area contributed by atoms with Crippen molar-refractivity contribution >= 4 is 45.0 Å². The largest absolute Gasteiger partial charge is 0.398 e. The lowest BCUT2D eigenvalue weighted by atomic mass is 9.96. The third-order valence-corrected chi connectivity index (χ3v) is 7.62. The van der Waals surface area contributed by atoms with Gasteiger partial charge in [-0.1, -0.05) is 0 Å². The Hall–Kier alpha value is -2.94. The molecule has 172 valence electrons. The number of ketones is 1. The van der Waals surface area contributed by atoms with Crippen molar-refractivity contribution in [3.8, 4) is 0 Å². The molecular formula is C24H26BrN5O3. The van der Waals surface area contributed by atoms with E-state index in [1.54, 1.807) is 6.20 Å². The van der Waals surface area contributed by atoms with E-state index in [1.807, 2.05) is 12.1 Å². The summed E-state index contributed by atoms with van der Waals surface area (Å²) in [6, 6.07) is 7.44. The second-order valence-electron chi connectivity index (χ2n) is 9.26. The van der Waals surface area contributed by atoms with Crippen LogP contribution in [0.15, 0.2) is 34.9 Å². The normalized spacial score (nSPS) is 23.9. The summed E-state index contributed by atoms with van der Waals surface area (Å²) in [6.07, 6.45) is 7.42. The maximum absolute atomic E-state index is 12.9. The van der Waals surface area contributed by atoms with Crippen molar-refractivity contribution in [2.45, 2.75) is 56.7 Å². The number of amides is 2. The van der Waals surface area contributed by atoms with E-state index in [1.165, 1.54) is 12.1 Å². The molecule has 3 heterocycles. The zero-order chi connectivity index (χ0) is 23.3. The average Bonchev–Trinajstić information content (AvgIpc) is 3.60. The van der Waals surface area contributed by atoms with Crippen LogP contribution in [0.5, 0.6) is 0 Å². The lowest BCUT2D eigenvalue weighted by Crippen LogP contribution is -2.50. The van der Waals surface area contributed by atoms with Gasteiger partial charge in [0.15, 0.2) is 5.78 Å². The fourth-order valence-corrected chi connectivity index (χ4v) is 5.70. The number of nitrogens with zero attached hydrogens (tertiary/aromatic N) is 2. The zero-order valence-corrected chi connectivity index (χ0v) is 19.7. The number of fused-ring (bicyclic) bond motifs is 2. The van der Waals surface area contributed by atoms with Crippen molar-refractivity contribution in [3.05, 3.63) is 51.6 Å². The minimum absolute atomic E-state index is 0.0332. The number of hydrogen-bond donors (Lipinski definition) is 3. The molecule has 2 aromatic rings. The van der Waals surface area contributed by atoms with Gasteiger partial charge in [-0.25, -0.2) is 4.98 Å². The van der Waals surface area contributed by atoms with Crippen molar-refractivity contribution in [2.75, 3.05) is 10.6 Å². The minimum atomic E-state index is -0.636. The Labute approximate surface area is 200 Å². The van der Waals surface area contributed by atoms with Gasteiger partial charge in [0.05, 0.1) is 11.1 Å². The molecule has 1 saturated carbocycles. The predicted molar refractivity (Wildman–Crippen MR) is 128 cm³/mol. The number of nitrogens with one attached hydrogen (secondary N) is 1. The average molecular weight is 512 g/mol. The topological polar surface area (TPSA) is 131 Å². The third kappa shape index (κ3) is 4.21. The molecule has 33 heavy (non-hydrogen) atoms. The molecule has 1 aliphatic carbocycles. The van der Waals surface area contributed by atoms with E-state index in [0.29, 0.717) is 15.6 Å². The number of primary amides is 1. The summed E-state index contributed by atoms with van der Waals surface area (Å²) in [6.45, 7) is 0. The molecule has 3 atom stereocenters. The molecule has 1 aromatic heterocycles. The Bertz CT molecular complexity index is 1120. The SMILES string of the molecule is NC(=O)c1cc(Br)c(C(=O)N[C@H]2C[C@H]3CC[C@@H](C2)N3c2ccc(C(=O)C3CC3)cn2)cc1N. The number of Topliss-reactive ketones (excluding diaryl/α,β-unsaturated/α-hetero) is 1. The number of pyridine rings is 1. The monoisotopic (exact) mass is 511 g/mol.